The molecule has 0 amide bonds. The number of nitrogen functional groups attached to an aromatic ring is 1. The van der Waals surface area contributed by atoms with Crippen molar-refractivity contribution in [3.05, 3.63) is 12.3 Å². The van der Waals surface area contributed by atoms with E-state index < -0.39 is 0 Å². The Balaban J connectivity index is 2.50. The summed E-state index contributed by atoms with van der Waals surface area (Å²) in [6, 6.07) is 1.77. The van der Waals surface area contributed by atoms with Gasteiger partial charge in [-0.25, -0.2) is 10.8 Å². The van der Waals surface area contributed by atoms with Crippen LogP contribution in [0.1, 0.15) is 6.92 Å². The number of nitrogens with two attached hydrogens (primary N) is 1. The molecule has 4 N–H and O–H groups in total. The summed E-state index contributed by atoms with van der Waals surface area (Å²) in [7, 11) is 1.67. The van der Waals surface area contributed by atoms with Crippen molar-refractivity contribution in [3.63, 3.8) is 0 Å². The second-order valence-corrected chi connectivity index (χ2v) is 2.84. The lowest BCUT2D eigenvalue weighted by Crippen LogP contribution is -2.19. The molecule has 0 saturated heterocycles. The van der Waals surface area contributed by atoms with Crippen LogP contribution in [-0.2, 0) is 4.74 Å². The van der Waals surface area contributed by atoms with E-state index >= 15 is 0 Å². The second-order valence-electron chi connectivity index (χ2n) is 2.84. The monoisotopic (exact) mass is 197 g/mol. The SMILES string of the molecule is COC(C)CNc1ccnc(NN)n1. The lowest BCUT2D eigenvalue weighted by Gasteiger charge is -2.11. The molecule has 1 aromatic rings. The van der Waals surface area contributed by atoms with Crippen LogP contribution in [0.3, 0.4) is 0 Å². The normalized spacial score (nSPS) is 12.2. The minimum atomic E-state index is 0.138. The van der Waals surface area contributed by atoms with E-state index in [-0.39, 0.29) is 6.10 Å². The van der Waals surface area contributed by atoms with Crippen molar-refractivity contribution >= 4 is 11.8 Å². The molecule has 6 heteroatoms. The first kappa shape index (κ1) is 10.7. The Morgan fingerprint density at radius 2 is 2.43 bits per heavy atom. The van der Waals surface area contributed by atoms with Gasteiger partial charge in [-0.05, 0) is 13.0 Å². The van der Waals surface area contributed by atoms with Gasteiger partial charge in [0.25, 0.3) is 0 Å². The van der Waals surface area contributed by atoms with Gasteiger partial charge in [0.2, 0.25) is 5.95 Å². The number of hydrazine groups is 1. The highest BCUT2D eigenvalue weighted by Crippen LogP contribution is 2.04. The van der Waals surface area contributed by atoms with Gasteiger partial charge >= 0.3 is 0 Å². The van der Waals surface area contributed by atoms with Gasteiger partial charge in [0, 0.05) is 19.9 Å². The molecule has 0 aliphatic carbocycles. The molecular formula is C8H15N5O. The van der Waals surface area contributed by atoms with Crippen LogP contribution in [0.5, 0.6) is 0 Å². The minimum absolute atomic E-state index is 0.138. The third-order valence-electron chi connectivity index (χ3n) is 1.76. The Kier molecular flexibility index (Phi) is 4.09. The first-order valence-corrected chi connectivity index (χ1v) is 4.32. The third kappa shape index (κ3) is 3.15. The topological polar surface area (TPSA) is 85.1 Å². The number of aromatic nitrogens is 2. The van der Waals surface area contributed by atoms with Crippen LogP contribution in [0, 0.1) is 0 Å². The van der Waals surface area contributed by atoms with E-state index in [1.165, 1.54) is 0 Å². The van der Waals surface area contributed by atoms with E-state index in [0.717, 1.165) is 5.82 Å². The largest absolute Gasteiger partial charge is 0.380 e. The summed E-state index contributed by atoms with van der Waals surface area (Å²) in [6.07, 6.45) is 1.77. The van der Waals surface area contributed by atoms with E-state index in [1.54, 1.807) is 19.4 Å². The van der Waals surface area contributed by atoms with Crippen LogP contribution in [0.25, 0.3) is 0 Å². The maximum atomic E-state index is 5.17. The van der Waals surface area contributed by atoms with Crippen LogP contribution >= 0.6 is 0 Å². The summed E-state index contributed by atoms with van der Waals surface area (Å²) in [4.78, 5) is 7.97. The standard InChI is InChI=1S/C8H15N5O/c1-6(14-2)5-11-7-3-4-10-8(12-7)13-9/h3-4,6H,5,9H2,1-2H3,(H2,10,11,12,13). The summed E-state index contributed by atoms with van der Waals surface area (Å²) < 4.78 is 5.08. The van der Waals surface area contributed by atoms with Crippen LogP contribution in [0.15, 0.2) is 12.3 Å². The molecule has 1 aromatic heterocycles. The first-order valence-electron chi connectivity index (χ1n) is 4.32. The maximum absolute atomic E-state index is 5.17. The highest BCUT2D eigenvalue weighted by atomic mass is 16.5. The predicted molar refractivity (Wildman–Crippen MR) is 54.8 cm³/mol. The summed E-state index contributed by atoms with van der Waals surface area (Å²) in [6.45, 7) is 2.66. The predicted octanol–water partition coefficient (Wildman–Crippen LogP) is 0.209. The molecule has 0 radical (unpaired) electrons. The van der Waals surface area contributed by atoms with Crippen LogP contribution in [-0.4, -0.2) is 29.7 Å². The fourth-order valence-corrected chi connectivity index (χ4v) is 0.858. The van der Waals surface area contributed by atoms with E-state index in [4.69, 9.17) is 10.6 Å². The average Bonchev–Trinajstić information content (AvgIpc) is 2.26. The van der Waals surface area contributed by atoms with Gasteiger partial charge in [-0.1, -0.05) is 0 Å². The van der Waals surface area contributed by atoms with Gasteiger partial charge in [0.1, 0.15) is 5.82 Å². The van der Waals surface area contributed by atoms with E-state index in [9.17, 15) is 0 Å². The number of nitrogens with one attached hydrogen (secondary N) is 2. The van der Waals surface area contributed by atoms with Gasteiger partial charge in [0.15, 0.2) is 0 Å². The summed E-state index contributed by atoms with van der Waals surface area (Å²) in [5.74, 6) is 6.28. The van der Waals surface area contributed by atoms with Gasteiger partial charge < -0.3 is 10.1 Å². The number of hydrogen-bond acceptors (Lipinski definition) is 6. The zero-order chi connectivity index (χ0) is 10.4. The molecule has 1 heterocycles. The zero-order valence-electron chi connectivity index (χ0n) is 8.32. The van der Waals surface area contributed by atoms with Crippen LogP contribution in [0.4, 0.5) is 11.8 Å². The van der Waals surface area contributed by atoms with Crippen molar-refractivity contribution in [2.45, 2.75) is 13.0 Å². The summed E-state index contributed by atoms with van der Waals surface area (Å²) >= 11 is 0. The lowest BCUT2D eigenvalue weighted by atomic mass is 10.4. The molecule has 0 bridgehead atoms. The van der Waals surface area contributed by atoms with Crippen LogP contribution in [0.2, 0.25) is 0 Å². The molecule has 0 aromatic carbocycles. The summed E-state index contributed by atoms with van der Waals surface area (Å²) in [5, 5.41) is 3.10. The Morgan fingerprint density at radius 1 is 1.64 bits per heavy atom. The Morgan fingerprint density at radius 3 is 3.07 bits per heavy atom. The van der Waals surface area contributed by atoms with E-state index in [2.05, 4.69) is 20.7 Å². The molecule has 0 saturated carbocycles. The molecular weight excluding hydrogens is 182 g/mol. The first-order chi connectivity index (χ1) is 6.76. The van der Waals surface area contributed by atoms with E-state index in [0.29, 0.717) is 12.5 Å². The van der Waals surface area contributed by atoms with Crippen molar-refractivity contribution in [2.24, 2.45) is 5.84 Å². The molecule has 0 fully saturated rings. The van der Waals surface area contributed by atoms with Crippen molar-refractivity contribution in [2.75, 3.05) is 24.4 Å². The molecule has 0 spiro atoms. The second kappa shape index (κ2) is 5.36. The molecule has 0 aliphatic rings. The highest BCUT2D eigenvalue weighted by molar-refractivity contribution is 5.38. The molecule has 78 valence electrons. The van der Waals surface area contributed by atoms with E-state index in [1.807, 2.05) is 6.92 Å². The number of rotatable bonds is 5. The van der Waals surface area contributed by atoms with Crippen molar-refractivity contribution < 1.29 is 4.74 Å². The molecule has 6 nitrogen and oxygen atoms in total. The van der Waals surface area contributed by atoms with Gasteiger partial charge in [-0.2, -0.15) is 4.98 Å². The molecule has 1 unspecified atom stereocenters. The molecule has 1 rings (SSSR count). The molecule has 14 heavy (non-hydrogen) atoms. The van der Waals surface area contributed by atoms with Gasteiger partial charge in [-0.3, -0.25) is 5.43 Å². The Bertz CT molecular complexity index is 280. The highest BCUT2D eigenvalue weighted by Gasteiger charge is 2.00. The van der Waals surface area contributed by atoms with Crippen molar-refractivity contribution in [1.82, 2.24) is 9.97 Å². The molecule has 0 aliphatic heterocycles. The quantitative estimate of drug-likeness (QED) is 0.462. The Hall–Kier alpha value is -1.40. The number of nitrogens with zero attached hydrogens (tertiary/aromatic N) is 2. The number of ether oxygens (including phenoxy) is 1. The fraction of sp³-hybridized carbons (Fsp3) is 0.500. The Labute approximate surface area is 82.9 Å². The number of anilines is 2. The number of methoxy groups -OCH3 is 1. The minimum Gasteiger partial charge on any atom is -0.380 e. The summed E-state index contributed by atoms with van der Waals surface area (Å²) in [5.41, 5.74) is 2.38. The maximum Gasteiger partial charge on any atom is 0.239 e. The fourth-order valence-electron chi connectivity index (χ4n) is 0.858. The van der Waals surface area contributed by atoms with Crippen LogP contribution < -0.4 is 16.6 Å². The van der Waals surface area contributed by atoms with Gasteiger partial charge in [-0.15, -0.1) is 0 Å². The lowest BCUT2D eigenvalue weighted by molar-refractivity contribution is 0.128. The zero-order valence-corrected chi connectivity index (χ0v) is 8.32. The van der Waals surface area contributed by atoms with Crippen molar-refractivity contribution in [3.8, 4) is 0 Å². The molecule has 1 atom stereocenters. The number of hydrogen-bond donors (Lipinski definition) is 3. The van der Waals surface area contributed by atoms with Gasteiger partial charge in [0.05, 0.1) is 6.10 Å². The van der Waals surface area contributed by atoms with Crippen molar-refractivity contribution in [1.29, 1.82) is 0 Å². The smallest absolute Gasteiger partial charge is 0.239 e. The average molecular weight is 197 g/mol. The third-order valence-corrected chi connectivity index (χ3v) is 1.76.